The first kappa shape index (κ1) is 15.9. The topological polar surface area (TPSA) is 68.7 Å². The Kier molecular flexibility index (Phi) is 4.13. The van der Waals surface area contributed by atoms with E-state index in [1.807, 2.05) is 41.7 Å². The van der Waals surface area contributed by atoms with Crippen molar-refractivity contribution in [3.63, 3.8) is 0 Å². The van der Waals surface area contributed by atoms with Gasteiger partial charge in [-0.05, 0) is 40.2 Å². The fourth-order valence-electron chi connectivity index (χ4n) is 2.29. The molecule has 0 amide bonds. The molecular weight excluding hydrogens is 277 g/mol. The van der Waals surface area contributed by atoms with Crippen LogP contribution in [0.4, 0.5) is 0 Å². The van der Waals surface area contributed by atoms with Gasteiger partial charge in [0, 0.05) is 24.0 Å². The summed E-state index contributed by atoms with van der Waals surface area (Å²) in [4.78, 5) is 0. The van der Waals surface area contributed by atoms with E-state index in [2.05, 4.69) is 16.3 Å². The van der Waals surface area contributed by atoms with Gasteiger partial charge in [-0.3, -0.25) is 4.68 Å². The molecule has 112 valence electrons. The molecule has 0 fully saturated rings. The summed E-state index contributed by atoms with van der Waals surface area (Å²) >= 11 is 0. The van der Waals surface area contributed by atoms with Crippen molar-refractivity contribution in [1.82, 2.24) is 19.6 Å². The van der Waals surface area contributed by atoms with E-state index in [9.17, 15) is 5.26 Å². The van der Waals surface area contributed by atoms with Crippen LogP contribution in [0, 0.1) is 45.9 Å². The van der Waals surface area contributed by atoms with Crippen molar-refractivity contribution in [1.29, 1.82) is 5.26 Å². The van der Waals surface area contributed by atoms with E-state index >= 15 is 0 Å². The van der Waals surface area contributed by atoms with E-state index in [0.29, 0.717) is 5.69 Å². The molecular formula is C15H18BN5O. The van der Waals surface area contributed by atoms with Gasteiger partial charge >= 0.3 is 8.05 Å². The Hall–Kier alpha value is -2.49. The molecule has 2 rings (SSSR count). The number of nitrogens with zero attached hydrogens (tertiary/aromatic N) is 5. The molecule has 2 aromatic heterocycles. The maximum absolute atomic E-state index is 9.60. The van der Waals surface area contributed by atoms with E-state index in [0.717, 1.165) is 28.2 Å². The SMILES string of the molecule is [B]OC(=C(C#N)n1nc(C)c(C)c1C)c1nn(C)c(C)c1C. The summed E-state index contributed by atoms with van der Waals surface area (Å²) < 4.78 is 8.30. The largest absolute Gasteiger partial charge is 0.564 e. The van der Waals surface area contributed by atoms with Crippen LogP contribution in [-0.4, -0.2) is 27.6 Å². The van der Waals surface area contributed by atoms with E-state index < -0.39 is 0 Å². The summed E-state index contributed by atoms with van der Waals surface area (Å²) in [7, 11) is 7.28. The van der Waals surface area contributed by atoms with Gasteiger partial charge in [0.25, 0.3) is 0 Å². The second kappa shape index (κ2) is 5.72. The van der Waals surface area contributed by atoms with Crippen molar-refractivity contribution in [3.05, 3.63) is 33.9 Å². The highest BCUT2D eigenvalue weighted by Gasteiger charge is 2.21. The number of hydrogen-bond donors (Lipinski definition) is 0. The van der Waals surface area contributed by atoms with Crippen LogP contribution in [0.15, 0.2) is 0 Å². The molecule has 0 aliphatic heterocycles. The van der Waals surface area contributed by atoms with Crippen LogP contribution in [0.3, 0.4) is 0 Å². The second-order valence-corrected chi connectivity index (χ2v) is 5.30. The highest BCUT2D eigenvalue weighted by molar-refractivity contribution is 6.04. The molecule has 2 radical (unpaired) electrons. The lowest BCUT2D eigenvalue weighted by atomic mass is 10.1. The van der Waals surface area contributed by atoms with Crippen LogP contribution in [0.2, 0.25) is 0 Å². The highest BCUT2D eigenvalue weighted by atomic mass is 16.4. The van der Waals surface area contributed by atoms with Gasteiger partial charge in [0.1, 0.15) is 11.8 Å². The highest BCUT2D eigenvalue weighted by Crippen LogP contribution is 2.27. The fourth-order valence-corrected chi connectivity index (χ4v) is 2.29. The van der Waals surface area contributed by atoms with Crippen molar-refractivity contribution in [2.45, 2.75) is 34.6 Å². The van der Waals surface area contributed by atoms with Crippen molar-refractivity contribution in [2.24, 2.45) is 7.05 Å². The van der Waals surface area contributed by atoms with Gasteiger partial charge < -0.3 is 4.65 Å². The van der Waals surface area contributed by atoms with Crippen LogP contribution in [0.25, 0.3) is 11.5 Å². The lowest BCUT2D eigenvalue weighted by Crippen LogP contribution is -2.06. The summed E-state index contributed by atoms with van der Waals surface area (Å²) in [5, 5.41) is 18.4. The molecule has 0 saturated carbocycles. The molecule has 0 bridgehead atoms. The smallest absolute Gasteiger partial charge is 0.374 e. The number of aryl methyl sites for hydroxylation is 2. The predicted octanol–water partition coefficient (Wildman–Crippen LogP) is 2.11. The van der Waals surface area contributed by atoms with Gasteiger partial charge in [0.15, 0.2) is 11.5 Å². The minimum absolute atomic E-state index is 0.217. The zero-order valence-electron chi connectivity index (χ0n) is 13.7. The summed E-state index contributed by atoms with van der Waals surface area (Å²) in [6, 6.07) is 2.13. The molecule has 7 heteroatoms. The Morgan fingerprint density at radius 3 is 2.09 bits per heavy atom. The minimum Gasteiger partial charge on any atom is -0.564 e. The second-order valence-electron chi connectivity index (χ2n) is 5.30. The molecule has 2 aromatic rings. The van der Waals surface area contributed by atoms with Crippen LogP contribution in [0.1, 0.15) is 33.9 Å². The molecule has 0 N–H and O–H groups in total. The molecule has 0 saturated heterocycles. The van der Waals surface area contributed by atoms with Gasteiger partial charge in [0.2, 0.25) is 0 Å². The minimum atomic E-state index is 0.217. The first-order valence-corrected chi connectivity index (χ1v) is 6.88. The van der Waals surface area contributed by atoms with Crippen molar-refractivity contribution < 1.29 is 4.65 Å². The normalized spacial score (nSPS) is 12.0. The Bertz CT molecular complexity index is 807. The van der Waals surface area contributed by atoms with Gasteiger partial charge in [-0.2, -0.15) is 15.5 Å². The van der Waals surface area contributed by atoms with Gasteiger partial charge in [0.05, 0.1) is 5.69 Å². The third-order valence-electron chi connectivity index (χ3n) is 4.15. The van der Waals surface area contributed by atoms with E-state index in [4.69, 9.17) is 12.7 Å². The monoisotopic (exact) mass is 295 g/mol. The van der Waals surface area contributed by atoms with Crippen molar-refractivity contribution >= 4 is 19.5 Å². The Labute approximate surface area is 131 Å². The average Bonchev–Trinajstić information content (AvgIpc) is 2.90. The molecule has 0 aliphatic carbocycles. The van der Waals surface area contributed by atoms with Gasteiger partial charge in [-0.25, -0.2) is 4.68 Å². The molecule has 0 unspecified atom stereocenters. The first-order valence-electron chi connectivity index (χ1n) is 6.88. The van der Waals surface area contributed by atoms with Crippen LogP contribution >= 0.6 is 0 Å². The Morgan fingerprint density at radius 2 is 1.73 bits per heavy atom. The Balaban J connectivity index is 2.77. The number of allylic oxidation sites excluding steroid dienone is 1. The molecule has 22 heavy (non-hydrogen) atoms. The predicted molar refractivity (Wildman–Crippen MR) is 84.7 cm³/mol. The summed E-state index contributed by atoms with van der Waals surface area (Å²) in [5.74, 6) is 0.217. The zero-order valence-corrected chi connectivity index (χ0v) is 13.7. The van der Waals surface area contributed by atoms with E-state index in [1.165, 1.54) is 0 Å². The first-order chi connectivity index (χ1) is 10.3. The number of aromatic nitrogens is 4. The maximum Gasteiger partial charge on any atom is 0.374 e. The number of nitriles is 1. The Morgan fingerprint density at radius 1 is 1.09 bits per heavy atom. The lowest BCUT2D eigenvalue weighted by Gasteiger charge is -2.10. The summed E-state index contributed by atoms with van der Waals surface area (Å²) in [5.41, 5.74) is 5.41. The molecule has 2 heterocycles. The third-order valence-corrected chi connectivity index (χ3v) is 4.15. The number of hydrogen-bond acceptors (Lipinski definition) is 4. The molecule has 6 nitrogen and oxygen atoms in total. The molecule has 0 atom stereocenters. The zero-order chi connectivity index (χ0) is 16.6. The van der Waals surface area contributed by atoms with Gasteiger partial charge in [-0.15, -0.1) is 0 Å². The summed E-state index contributed by atoms with van der Waals surface area (Å²) in [6.07, 6.45) is 0. The maximum atomic E-state index is 9.60. The third kappa shape index (κ3) is 2.31. The number of rotatable bonds is 3. The van der Waals surface area contributed by atoms with Crippen LogP contribution < -0.4 is 0 Å². The molecule has 0 aromatic carbocycles. The van der Waals surface area contributed by atoms with Crippen LogP contribution in [0.5, 0.6) is 0 Å². The average molecular weight is 295 g/mol. The van der Waals surface area contributed by atoms with Crippen LogP contribution in [-0.2, 0) is 11.7 Å². The van der Waals surface area contributed by atoms with E-state index in [-0.39, 0.29) is 11.5 Å². The lowest BCUT2D eigenvalue weighted by molar-refractivity contribution is 0.562. The van der Waals surface area contributed by atoms with E-state index in [1.54, 1.807) is 9.36 Å². The van der Waals surface area contributed by atoms with Crippen molar-refractivity contribution in [3.8, 4) is 6.07 Å². The van der Waals surface area contributed by atoms with Crippen molar-refractivity contribution in [2.75, 3.05) is 0 Å². The fraction of sp³-hybridized carbons (Fsp3) is 0.400. The molecule has 0 aliphatic rings. The van der Waals surface area contributed by atoms with Gasteiger partial charge in [-0.1, -0.05) is 0 Å². The summed E-state index contributed by atoms with van der Waals surface area (Å²) in [6.45, 7) is 9.62. The standard InChI is InChI=1S/C15H18BN5O/c1-8-10(3)18-21(12(8)5)13(7-17)15(22-16)14-9(2)11(4)20(6)19-14/h1-6H3. The molecule has 0 spiro atoms. The quantitative estimate of drug-likeness (QED) is 0.494.